The fraction of sp³-hybridized carbons (Fsp3) is 0. The third-order valence-electron chi connectivity index (χ3n) is 0.830. The van der Waals surface area contributed by atoms with E-state index in [2.05, 4.69) is 4.98 Å². The van der Waals surface area contributed by atoms with Gasteiger partial charge in [0.25, 0.3) is 5.69 Å². The van der Waals surface area contributed by atoms with Gasteiger partial charge in [-0.2, -0.15) is 5.26 Å². The number of pyridine rings is 1. The Morgan fingerprint density at radius 3 is 1.73 bits per heavy atom. The van der Waals surface area contributed by atoms with Gasteiger partial charge in [-0.25, -0.2) is 4.98 Å². The molecule has 0 bridgehead atoms. The van der Waals surface area contributed by atoms with Crippen molar-refractivity contribution in [1.29, 1.82) is 5.26 Å². The molecule has 0 aliphatic rings. The number of nitriles is 1. The second kappa shape index (κ2) is 3.56. The minimum absolute atomic E-state index is 0.590. The Labute approximate surface area is 83.0 Å². The van der Waals surface area contributed by atoms with Gasteiger partial charge in [0.2, 0.25) is 0 Å². The molecule has 1 aromatic heterocycles. The van der Waals surface area contributed by atoms with Gasteiger partial charge >= 0.3 is 36.4 Å². The van der Waals surface area contributed by atoms with Crippen LogP contribution in [0.1, 0.15) is 5.69 Å². The Morgan fingerprint density at radius 1 is 1.07 bits per heavy atom. The summed E-state index contributed by atoms with van der Waals surface area (Å²) in [5, 5.41) is 8.26. The maximum atomic E-state index is 9.93. The summed E-state index contributed by atoms with van der Waals surface area (Å²) in [5.74, 6) is 0. The van der Waals surface area contributed by atoms with E-state index in [0.717, 1.165) is 0 Å². The van der Waals surface area contributed by atoms with Crippen molar-refractivity contribution in [2.45, 2.75) is 0 Å². The molecule has 0 aromatic carbocycles. The SMILES string of the molecule is N#Cc1cccc[nH+]1.[F][Sb-]([F])([F])([F])([F])[F]. The number of rotatable bonds is 0. The number of hydrogen-bond donors (Lipinski definition) is 0. The van der Waals surface area contributed by atoms with Crippen LogP contribution in [-0.4, -0.2) is 19.5 Å². The molecule has 2 nitrogen and oxygen atoms in total. The summed E-state index contributed by atoms with van der Waals surface area (Å²) in [4.78, 5) is 2.76. The zero-order valence-electron chi connectivity index (χ0n) is 6.97. The predicted molar refractivity (Wildman–Crippen MR) is 40.1 cm³/mol. The third kappa shape index (κ3) is 19.4. The normalized spacial score (nSPS) is 15.0. The first-order chi connectivity index (χ1) is 6.38. The van der Waals surface area contributed by atoms with E-state index >= 15 is 0 Å². The van der Waals surface area contributed by atoms with Gasteiger partial charge in [-0.1, -0.05) is 0 Å². The second-order valence-corrected chi connectivity index (χ2v) is 7.82. The molecule has 0 fully saturated rings. The molecule has 86 valence electrons. The summed E-state index contributed by atoms with van der Waals surface area (Å²) < 4.78 is 59.6. The monoisotopic (exact) mass is 340 g/mol. The molecule has 0 radical (unpaired) electrons. The second-order valence-electron chi connectivity index (χ2n) is 2.35. The summed E-state index contributed by atoms with van der Waals surface area (Å²) in [5.41, 5.74) is 0.590. The summed E-state index contributed by atoms with van der Waals surface area (Å²) in [6.45, 7) is 0. The molecule has 1 N–H and O–H groups in total. The van der Waals surface area contributed by atoms with Gasteiger partial charge in [-0.05, 0) is 6.07 Å². The summed E-state index contributed by atoms with van der Waals surface area (Å²) in [6, 6.07) is 7.34. The number of H-pyrrole nitrogens is 1. The Hall–Kier alpha value is -0.962. The average Bonchev–Trinajstić information content (AvgIpc) is 2.00. The van der Waals surface area contributed by atoms with Gasteiger partial charge < -0.3 is 0 Å². The molecule has 9 heteroatoms. The number of hydrogen-bond acceptors (Lipinski definition) is 1. The molecule has 1 aromatic rings. The molecule has 0 spiro atoms. The Morgan fingerprint density at radius 2 is 1.53 bits per heavy atom. The van der Waals surface area contributed by atoms with Crippen molar-refractivity contribution < 1.29 is 21.9 Å². The van der Waals surface area contributed by atoms with E-state index in [0.29, 0.717) is 5.69 Å². The van der Waals surface area contributed by atoms with Gasteiger partial charge in [0.05, 0.1) is 0 Å². The van der Waals surface area contributed by atoms with Gasteiger partial charge in [0.1, 0.15) is 0 Å². The number of aromatic nitrogens is 1. The Kier molecular flexibility index (Phi) is 3.33. The van der Waals surface area contributed by atoms with Crippen LogP contribution in [-0.2, 0) is 0 Å². The molecule has 0 aliphatic carbocycles. The van der Waals surface area contributed by atoms with E-state index in [4.69, 9.17) is 5.26 Å². The molecule has 15 heavy (non-hydrogen) atoms. The number of nitrogens with zero attached hydrogens (tertiary/aromatic N) is 1. The van der Waals surface area contributed by atoms with Crippen molar-refractivity contribution >= 4 is 19.5 Å². The molecule has 0 atom stereocenters. The van der Waals surface area contributed by atoms with Gasteiger partial charge in [-0.15, -0.1) is 0 Å². The van der Waals surface area contributed by atoms with E-state index < -0.39 is 19.5 Å². The van der Waals surface area contributed by atoms with Crippen molar-refractivity contribution in [1.82, 2.24) is 0 Å². The molecule has 1 rings (SSSR count). The first kappa shape index (κ1) is 14.0. The molecule has 0 aliphatic heterocycles. The van der Waals surface area contributed by atoms with Gasteiger partial charge in [0, 0.05) is 12.1 Å². The van der Waals surface area contributed by atoms with Crippen LogP contribution in [0.5, 0.6) is 0 Å². The van der Waals surface area contributed by atoms with Crippen molar-refractivity contribution in [3.05, 3.63) is 30.1 Å². The van der Waals surface area contributed by atoms with Gasteiger partial charge in [0.15, 0.2) is 12.3 Å². The van der Waals surface area contributed by atoms with E-state index in [9.17, 15) is 16.9 Å². The maximum absolute atomic E-state index is 11.2. The topological polar surface area (TPSA) is 37.9 Å². The number of nitrogens with one attached hydrogen (secondary N) is 1. The third-order valence-corrected chi connectivity index (χ3v) is 0.830. The van der Waals surface area contributed by atoms with Crippen LogP contribution in [0.4, 0.5) is 16.9 Å². The van der Waals surface area contributed by atoms with Crippen molar-refractivity contribution in [3.8, 4) is 6.07 Å². The Balaban J connectivity index is 0.000000265. The van der Waals surface area contributed by atoms with Crippen LogP contribution >= 0.6 is 0 Å². The van der Waals surface area contributed by atoms with Crippen molar-refractivity contribution in [2.75, 3.05) is 0 Å². The first-order valence-electron chi connectivity index (χ1n) is 3.32. The first-order valence-corrected chi connectivity index (χ1v) is 9.10. The van der Waals surface area contributed by atoms with Crippen LogP contribution in [0.3, 0.4) is 0 Å². The molecule has 0 amide bonds. The van der Waals surface area contributed by atoms with Crippen LogP contribution in [0.15, 0.2) is 24.4 Å². The molecular formula is C6H5F6N2Sb. The van der Waals surface area contributed by atoms with E-state index in [1.807, 2.05) is 18.2 Å². The fourth-order valence-electron chi connectivity index (χ4n) is 0.463. The van der Waals surface area contributed by atoms with Crippen LogP contribution < -0.4 is 4.98 Å². The standard InChI is InChI=1S/C6H4N2.6FH.Sb/c7-5-6-3-1-2-4-8-6;;;;;;;/h1-4H;6*1H;/q;;;;;;;+5/p-5. The quantitative estimate of drug-likeness (QED) is 0.528. The Bertz CT molecular complexity index is 351. The van der Waals surface area contributed by atoms with E-state index in [-0.39, 0.29) is 0 Å². The van der Waals surface area contributed by atoms with E-state index in [1.54, 1.807) is 12.3 Å². The summed E-state index contributed by atoms with van der Waals surface area (Å²) in [6.07, 6.45) is 1.72. The molecule has 1 heterocycles. The zero-order chi connectivity index (χ0) is 12.2. The average molecular weight is 341 g/mol. The fourth-order valence-corrected chi connectivity index (χ4v) is 0.463. The molecule has 0 saturated heterocycles. The van der Waals surface area contributed by atoms with E-state index in [1.165, 1.54) is 0 Å². The summed E-state index contributed by atoms with van der Waals surface area (Å²) >= 11 is -11.2. The molecular weight excluding hydrogens is 336 g/mol. The van der Waals surface area contributed by atoms with Crippen molar-refractivity contribution in [2.24, 2.45) is 0 Å². The van der Waals surface area contributed by atoms with Crippen LogP contribution in [0.25, 0.3) is 0 Å². The van der Waals surface area contributed by atoms with Gasteiger partial charge in [-0.3, -0.25) is 0 Å². The number of aromatic amines is 1. The molecule has 0 saturated carbocycles. The van der Waals surface area contributed by atoms with Crippen LogP contribution in [0, 0.1) is 11.3 Å². The summed E-state index contributed by atoms with van der Waals surface area (Å²) in [7, 11) is 0. The van der Waals surface area contributed by atoms with Crippen LogP contribution in [0.2, 0.25) is 0 Å². The minimum atomic E-state index is -11.2. The zero-order valence-corrected chi connectivity index (χ0v) is 9.52. The predicted octanol–water partition coefficient (Wildman–Crippen LogP) is 2.51. The molecule has 0 unspecified atom stereocenters. The van der Waals surface area contributed by atoms with Crippen molar-refractivity contribution in [3.63, 3.8) is 0 Å². The number of halogens is 6.